The Hall–Kier alpha value is -3.06. The van der Waals surface area contributed by atoms with Crippen molar-refractivity contribution in [2.45, 2.75) is 31.2 Å². The maximum atomic E-state index is 13.0. The molecule has 1 amide bonds. The summed E-state index contributed by atoms with van der Waals surface area (Å²) in [5, 5.41) is 6.46. The van der Waals surface area contributed by atoms with Crippen molar-refractivity contribution < 1.29 is 22.7 Å². The largest absolute Gasteiger partial charge is 0.463 e. The second-order valence-electron chi connectivity index (χ2n) is 7.98. The van der Waals surface area contributed by atoms with E-state index in [1.165, 1.54) is 50.6 Å². The summed E-state index contributed by atoms with van der Waals surface area (Å²) in [6, 6.07) is 7.79. The van der Waals surface area contributed by atoms with E-state index >= 15 is 0 Å². The first kappa shape index (κ1) is 26.0. The molecule has 0 aliphatic carbocycles. The van der Waals surface area contributed by atoms with Gasteiger partial charge in [0.05, 0.1) is 22.1 Å². The number of esters is 1. The number of hydrogen-bond donors (Lipinski definition) is 1. The lowest BCUT2D eigenvalue weighted by atomic mass is 10.3. The smallest absolute Gasteiger partial charge is 0.333 e. The number of aromatic nitrogens is 1. The molecule has 1 aliphatic rings. The molecule has 4 rings (SSSR count). The van der Waals surface area contributed by atoms with Crippen LogP contribution in [0.2, 0.25) is 0 Å². The van der Waals surface area contributed by atoms with Gasteiger partial charge in [-0.25, -0.2) is 13.2 Å². The second-order valence-corrected chi connectivity index (χ2v) is 11.8. The SMILES string of the molecule is CCOC(=O)C=c1sc(=Cc2ccsc2)c(=O)n1CC(=O)Nc1ccc(S(=O)(=O)N2CCCC2)cc1. The molecule has 1 saturated heterocycles. The molecule has 0 saturated carbocycles. The molecule has 1 N–H and O–H groups in total. The molecule has 0 bridgehead atoms. The van der Waals surface area contributed by atoms with Gasteiger partial charge < -0.3 is 10.1 Å². The normalized spacial score (nSPS) is 15.4. The van der Waals surface area contributed by atoms with Gasteiger partial charge in [0.2, 0.25) is 15.9 Å². The Labute approximate surface area is 216 Å². The van der Waals surface area contributed by atoms with E-state index in [9.17, 15) is 22.8 Å². The van der Waals surface area contributed by atoms with Crippen molar-refractivity contribution in [1.29, 1.82) is 0 Å². The van der Waals surface area contributed by atoms with Gasteiger partial charge in [0.15, 0.2) is 0 Å². The fourth-order valence-corrected chi connectivity index (χ4v) is 6.88. The molecule has 0 atom stereocenters. The average Bonchev–Trinajstić information content (AvgIpc) is 3.60. The monoisotopic (exact) mass is 547 g/mol. The highest BCUT2D eigenvalue weighted by Gasteiger charge is 2.27. The lowest BCUT2D eigenvalue weighted by Crippen LogP contribution is -2.36. The average molecular weight is 548 g/mol. The minimum atomic E-state index is -3.55. The van der Waals surface area contributed by atoms with Crippen LogP contribution < -0.4 is 20.1 Å². The van der Waals surface area contributed by atoms with Crippen molar-refractivity contribution in [3.05, 3.63) is 66.2 Å². The number of ether oxygens (including phenoxy) is 1. The van der Waals surface area contributed by atoms with E-state index in [0.29, 0.717) is 28.0 Å². The van der Waals surface area contributed by atoms with Crippen molar-refractivity contribution in [3.63, 3.8) is 0 Å². The summed E-state index contributed by atoms with van der Waals surface area (Å²) >= 11 is 2.59. The molecule has 12 heteroatoms. The maximum absolute atomic E-state index is 13.0. The standard InChI is InChI=1S/C24H25N3O6S3/c1-2-33-23(29)14-22-27(24(30)20(35-22)13-17-9-12-34-16-17)15-21(28)25-18-5-7-19(8-6-18)36(31,32)26-10-3-4-11-26/h5-9,12-14,16H,2-4,10-11,15H2,1H3,(H,25,28). The van der Waals surface area contributed by atoms with Crippen molar-refractivity contribution in [1.82, 2.24) is 8.87 Å². The van der Waals surface area contributed by atoms with Gasteiger partial charge in [0.25, 0.3) is 5.56 Å². The lowest BCUT2D eigenvalue weighted by Gasteiger charge is -2.15. The van der Waals surface area contributed by atoms with Gasteiger partial charge in [-0.1, -0.05) is 0 Å². The number of hydrogen-bond acceptors (Lipinski definition) is 8. The number of sulfonamides is 1. The van der Waals surface area contributed by atoms with Crippen molar-refractivity contribution in [3.8, 4) is 0 Å². The zero-order valence-electron chi connectivity index (χ0n) is 19.5. The Morgan fingerprint density at radius 2 is 1.86 bits per heavy atom. The van der Waals surface area contributed by atoms with Crippen LogP contribution in [-0.4, -0.2) is 48.9 Å². The first-order chi connectivity index (χ1) is 17.3. The summed E-state index contributed by atoms with van der Waals surface area (Å²) in [5.41, 5.74) is 0.843. The number of rotatable bonds is 8. The lowest BCUT2D eigenvalue weighted by molar-refractivity contribution is -0.135. The summed E-state index contributed by atoms with van der Waals surface area (Å²) in [7, 11) is -3.55. The number of thiophene rings is 1. The fourth-order valence-electron chi connectivity index (χ4n) is 3.72. The Morgan fingerprint density at radius 1 is 1.14 bits per heavy atom. The van der Waals surface area contributed by atoms with E-state index in [0.717, 1.165) is 29.7 Å². The molecule has 36 heavy (non-hydrogen) atoms. The van der Waals surface area contributed by atoms with Crippen molar-refractivity contribution in [2.24, 2.45) is 0 Å². The van der Waals surface area contributed by atoms with Crippen LogP contribution >= 0.6 is 22.7 Å². The van der Waals surface area contributed by atoms with Gasteiger partial charge in [-0.2, -0.15) is 15.6 Å². The second kappa shape index (κ2) is 11.3. The summed E-state index contributed by atoms with van der Waals surface area (Å²) in [6.45, 7) is 2.55. The van der Waals surface area contributed by atoms with E-state index in [4.69, 9.17) is 4.74 Å². The van der Waals surface area contributed by atoms with Gasteiger partial charge in [0.1, 0.15) is 11.2 Å². The number of carbonyl (C=O) groups excluding carboxylic acids is 2. The third kappa shape index (κ3) is 6.01. The van der Waals surface area contributed by atoms with E-state index < -0.39 is 27.5 Å². The molecule has 1 aromatic carbocycles. The summed E-state index contributed by atoms with van der Waals surface area (Å²) in [5.74, 6) is -1.10. The highest BCUT2D eigenvalue weighted by molar-refractivity contribution is 7.89. The van der Waals surface area contributed by atoms with E-state index in [1.54, 1.807) is 13.0 Å². The van der Waals surface area contributed by atoms with Gasteiger partial charge in [-0.3, -0.25) is 14.2 Å². The minimum absolute atomic E-state index is 0.163. The first-order valence-electron chi connectivity index (χ1n) is 11.3. The molecule has 1 aliphatic heterocycles. The maximum Gasteiger partial charge on any atom is 0.333 e. The molecule has 3 aromatic rings. The summed E-state index contributed by atoms with van der Waals surface area (Å²) < 4.78 is 33.7. The van der Waals surface area contributed by atoms with Gasteiger partial charge >= 0.3 is 5.97 Å². The van der Waals surface area contributed by atoms with Gasteiger partial charge in [-0.15, -0.1) is 11.3 Å². The molecular weight excluding hydrogens is 522 g/mol. The Bertz CT molecular complexity index is 1510. The van der Waals surface area contributed by atoms with Crippen LogP contribution in [0.15, 0.2) is 50.8 Å². The molecule has 190 valence electrons. The molecule has 0 radical (unpaired) electrons. The summed E-state index contributed by atoms with van der Waals surface area (Å²) in [4.78, 5) is 38.0. The predicted octanol–water partition coefficient (Wildman–Crippen LogP) is 1.57. The topological polar surface area (TPSA) is 115 Å². The molecule has 2 aromatic heterocycles. The number of amides is 1. The van der Waals surface area contributed by atoms with Crippen molar-refractivity contribution >= 4 is 62.4 Å². The van der Waals surface area contributed by atoms with Crippen molar-refractivity contribution in [2.75, 3.05) is 25.0 Å². The van der Waals surface area contributed by atoms with Crippen LogP contribution in [0.3, 0.4) is 0 Å². The molecule has 3 heterocycles. The van der Waals surface area contributed by atoms with Gasteiger partial charge in [0, 0.05) is 18.8 Å². The van der Waals surface area contributed by atoms with Crippen LogP contribution in [-0.2, 0) is 30.9 Å². The minimum Gasteiger partial charge on any atom is -0.463 e. The number of nitrogens with one attached hydrogen (secondary N) is 1. The van der Waals surface area contributed by atoms with Crippen LogP contribution in [0.5, 0.6) is 0 Å². The molecule has 0 spiro atoms. The van der Waals surface area contributed by atoms with E-state index in [-0.39, 0.29) is 18.0 Å². The fraction of sp³-hybridized carbons (Fsp3) is 0.292. The number of thiazole rings is 1. The summed E-state index contributed by atoms with van der Waals surface area (Å²) in [6.07, 6.45) is 4.60. The third-order valence-corrected chi connectivity index (χ3v) is 9.12. The van der Waals surface area contributed by atoms with Crippen LogP contribution in [0, 0.1) is 0 Å². The first-order valence-corrected chi connectivity index (χ1v) is 14.5. The molecule has 0 unspecified atom stereocenters. The molecule has 1 fully saturated rings. The van der Waals surface area contributed by atoms with Crippen LogP contribution in [0.4, 0.5) is 5.69 Å². The predicted molar refractivity (Wildman–Crippen MR) is 140 cm³/mol. The Kier molecular flexibility index (Phi) is 8.19. The number of carbonyl (C=O) groups is 2. The zero-order valence-corrected chi connectivity index (χ0v) is 22.0. The molecular formula is C24H25N3O6S3. The van der Waals surface area contributed by atoms with Gasteiger partial charge in [-0.05, 0) is 72.5 Å². The van der Waals surface area contributed by atoms with E-state index in [1.807, 2.05) is 16.8 Å². The number of benzene rings is 1. The Morgan fingerprint density at radius 3 is 2.50 bits per heavy atom. The number of nitrogens with zero attached hydrogens (tertiary/aromatic N) is 2. The Balaban J connectivity index is 1.56. The van der Waals surface area contributed by atoms with E-state index in [2.05, 4.69) is 5.32 Å². The highest BCUT2D eigenvalue weighted by Crippen LogP contribution is 2.22. The zero-order chi connectivity index (χ0) is 25.7. The highest BCUT2D eigenvalue weighted by atomic mass is 32.2. The number of anilines is 1. The third-order valence-electron chi connectivity index (χ3n) is 5.45. The quantitative estimate of drug-likeness (QED) is 0.428. The van der Waals surface area contributed by atoms with Crippen LogP contribution in [0.1, 0.15) is 25.3 Å². The van der Waals surface area contributed by atoms with Crippen LogP contribution in [0.25, 0.3) is 12.2 Å². The molecule has 9 nitrogen and oxygen atoms in total.